The standard InChI is InChI=1S/C25H23ClFN5O/c1-16-2-7-21(26)22(14-16)30-24-20(15-28-23-8-11-29-32(23)24)25(33)31-12-9-18(10-13-31)17-3-5-19(27)6-4-17/h2-8,11,14-15,18,30H,9-10,12-13H2,1H3. The molecule has 2 aromatic heterocycles. The third kappa shape index (κ3) is 4.28. The van der Waals surface area contributed by atoms with Crippen molar-refractivity contribution < 1.29 is 9.18 Å². The molecule has 0 unspecified atom stereocenters. The van der Waals surface area contributed by atoms with Crippen molar-refractivity contribution in [3.63, 3.8) is 0 Å². The summed E-state index contributed by atoms with van der Waals surface area (Å²) >= 11 is 6.41. The number of nitrogens with zero attached hydrogens (tertiary/aromatic N) is 4. The first-order valence-corrected chi connectivity index (χ1v) is 11.3. The number of hydrogen-bond donors (Lipinski definition) is 1. The van der Waals surface area contributed by atoms with Crippen LogP contribution in [0, 0.1) is 12.7 Å². The van der Waals surface area contributed by atoms with Crippen LogP contribution >= 0.6 is 11.6 Å². The normalized spacial score (nSPS) is 14.6. The molecule has 1 N–H and O–H groups in total. The van der Waals surface area contributed by atoms with Gasteiger partial charge in [0, 0.05) is 25.4 Å². The second-order valence-corrected chi connectivity index (χ2v) is 8.76. The van der Waals surface area contributed by atoms with E-state index >= 15 is 0 Å². The lowest BCUT2D eigenvalue weighted by Gasteiger charge is -2.32. The van der Waals surface area contributed by atoms with Gasteiger partial charge in [0.2, 0.25) is 0 Å². The Kier molecular flexibility index (Phi) is 5.72. The molecule has 1 saturated heterocycles. The summed E-state index contributed by atoms with van der Waals surface area (Å²) in [5.74, 6) is 0.499. The van der Waals surface area contributed by atoms with Gasteiger partial charge in [0.25, 0.3) is 5.91 Å². The first-order valence-electron chi connectivity index (χ1n) is 10.9. The fourth-order valence-corrected chi connectivity index (χ4v) is 4.50. The molecule has 5 rings (SSSR count). The van der Waals surface area contributed by atoms with E-state index in [4.69, 9.17) is 11.6 Å². The van der Waals surface area contributed by atoms with E-state index in [0.29, 0.717) is 46.7 Å². The maximum atomic E-state index is 13.5. The quantitative estimate of drug-likeness (QED) is 0.428. The Balaban J connectivity index is 1.41. The highest BCUT2D eigenvalue weighted by molar-refractivity contribution is 6.33. The Bertz CT molecular complexity index is 1310. The zero-order valence-electron chi connectivity index (χ0n) is 18.1. The SMILES string of the molecule is Cc1ccc(Cl)c(Nc2c(C(=O)N3CCC(c4ccc(F)cc4)CC3)cnc3ccnn23)c1. The molecule has 33 heavy (non-hydrogen) atoms. The lowest BCUT2D eigenvalue weighted by Crippen LogP contribution is -2.38. The molecule has 3 heterocycles. The summed E-state index contributed by atoms with van der Waals surface area (Å²) in [4.78, 5) is 19.8. The van der Waals surface area contributed by atoms with Crippen LogP contribution in [-0.4, -0.2) is 38.5 Å². The number of benzene rings is 2. The second-order valence-electron chi connectivity index (χ2n) is 8.35. The summed E-state index contributed by atoms with van der Waals surface area (Å²) in [7, 11) is 0. The molecule has 0 bridgehead atoms. The Morgan fingerprint density at radius 3 is 2.64 bits per heavy atom. The number of aromatic nitrogens is 3. The molecule has 0 radical (unpaired) electrons. The molecule has 2 aromatic carbocycles. The number of rotatable bonds is 4. The number of likely N-dealkylation sites (tertiary alicyclic amines) is 1. The van der Waals surface area contributed by atoms with Gasteiger partial charge < -0.3 is 10.2 Å². The van der Waals surface area contributed by atoms with Crippen LogP contribution in [0.5, 0.6) is 0 Å². The van der Waals surface area contributed by atoms with Gasteiger partial charge in [0.05, 0.1) is 16.9 Å². The van der Waals surface area contributed by atoms with Crippen LogP contribution in [-0.2, 0) is 0 Å². The fourth-order valence-electron chi connectivity index (χ4n) is 4.33. The van der Waals surface area contributed by atoms with Crippen LogP contribution < -0.4 is 5.32 Å². The van der Waals surface area contributed by atoms with E-state index in [2.05, 4.69) is 15.4 Å². The third-order valence-electron chi connectivity index (χ3n) is 6.14. The molecule has 1 amide bonds. The highest BCUT2D eigenvalue weighted by Crippen LogP contribution is 2.32. The van der Waals surface area contributed by atoms with Crippen molar-refractivity contribution in [1.82, 2.24) is 19.5 Å². The molecule has 8 heteroatoms. The zero-order valence-corrected chi connectivity index (χ0v) is 18.9. The average Bonchev–Trinajstić information content (AvgIpc) is 3.31. The van der Waals surface area contributed by atoms with Crippen molar-refractivity contribution in [2.45, 2.75) is 25.7 Å². The molecular weight excluding hydrogens is 441 g/mol. The Hall–Kier alpha value is -3.45. The molecule has 1 aliphatic heterocycles. The van der Waals surface area contributed by atoms with E-state index in [1.807, 2.05) is 42.2 Å². The minimum absolute atomic E-state index is 0.108. The highest BCUT2D eigenvalue weighted by atomic mass is 35.5. The molecule has 1 fully saturated rings. The van der Waals surface area contributed by atoms with Gasteiger partial charge in [0.15, 0.2) is 5.65 Å². The van der Waals surface area contributed by atoms with Gasteiger partial charge in [-0.2, -0.15) is 9.61 Å². The van der Waals surface area contributed by atoms with Gasteiger partial charge in [-0.15, -0.1) is 0 Å². The summed E-state index contributed by atoms with van der Waals surface area (Å²) in [6.07, 6.45) is 4.88. The molecule has 0 spiro atoms. The maximum Gasteiger partial charge on any atom is 0.259 e. The number of anilines is 2. The molecule has 168 valence electrons. The first kappa shape index (κ1) is 21.4. The van der Waals surface area contributed by atoms with Crippen molar-refractivity contribution in [3.8, 4) is 0 Å². The highest BCUT2D eigenvalue weighted by Gasteiger charge is 2.27. The average molecular weight is 464 g/mol. The molecule has 0 atom stereocenters. The van der Waals surface area contributed by atoms with Crippen molar-refractivity contribution in [1.29, 1.82) is 0 Å². The van der Waals surface area contributed by atoms with Crippen molar-refractivity contribution in [3.05, 3.63) is 88.5 Å². The number of aryl methyl sites for hydroxylation is 1. The largest absolute Gasteiger partial charge is 0.338 e. The predicted octanol–water partition coefficient (Wildman–Crippen LogP) is 5.59. The van der Waals surface area contributed by atoms with Crippen molar-refractivity contribution in [2.75, 3.05) is 18.4 Å². The van der Waals surface area contributed by atoms with Gasteiger partial charge in [-0.3, -0.25) is 4.79 Å². The summed E-state index contributed by atoms with van der Waals surface area (Å²) < 4.78 is 14.9. The van der Waals surface area contributed by atoms with Gasteiger partial charge in [-0.1, -0.05) is 29.8 Å². The van der Waals surface area contributed by atoms with E-state index < -0.39 is 0 Å². The zero-order chi connectivity index (χ0) is 22.9. The third-order valence-corrected chi connectivity index (χ3v) is 6.47. The fraction of sp³-hybridized carbons (Fsp3) is 0.240. The second kappa shape index (κ2) is 8.83. The Labute approximate surface area is 196 Å². The summed E-state index contributed by atoms with van der Waals surface area (Å²) in [5, 5.41) is 8.23. The number of fused-ring (bicyclic) bond motifs is 1. The van der Waals surface area contributed by atoms with E-state index in [0.717, 1.165) is 24.0 Å². The minimum Gasteiger partial charge on any atom is -0.338 e. The van der Waals surface area contributed by atoms with Crippen molar-refractivity contribution in [2.24, 2.45) is 0 Å². The summed E-state index contributed by atoms with van der Waals surface area (Å²) in [6, 6.07) is 14.1. The predicted molar refractivity (Wildman–Crippen MR) is 127 cm³/mol. The van der Waals surface area contributed by atoms with Gasteiger partial charge in [0.1, 0.15) is 17.2 Å². The van der Waals surface area contributed by atoms with Crippen LogP contribution in [0.25, 0.3) is 5.65 Å². The summed E-state index contributed by atoms with van der Waals surface area (Å²) in [6.45, 7) is 3.21. The van der Waals surface area contributed by atoms with Gasteiger partial charge in [-0.05, 0) is 61.1 Å². The lowest BCUT2D eigenvalue weighted by molar-refractivity contribution is 0.0713. The van der Waals surface area contributed by atoms with E-state index in [-0.39, 0.29) is 11.7 Å². The Morgan fingerprint density at radius 2 is 1.88 bits per heavy atom. The van der Waals surface area contributed by atoms with Crippen LogP contribution in [0.1, 0.15) is 40.2 Å². The Morgan fingerprint density at radius 1 is 1.12 bits per heavy atom. The number of carbonyl (C=O) groups excluding carboxylic acids is 1. The van der Waals surface area contributed by atoms with Gasteiger partial charge >= 0.3 is 0 Å². The number of nitrogens with one attached hydrogen (secondary N) is 1. The lowest BCUT2D eigenvalue weighted by atomic mass is 9.89. The number of halogens is 2. The first-order chi connectivity index (χ1) is 16.0. The number of amides is 1. The van der Waals surface area contributed by atoms with Crippen LogP contribution in [0.4, 0.5) is 15.9 Å². The molecule has 6 nitrogen and oxygen atoms in total. The van der Waals surface area contributed by atoms with Crippen molar-refractivity contribution >= 4 is 34.7 Å². The van der Waals surface area contributed by atoms with E-state index in [1.165, 1.54) is 12.1 Å². The number of hydrogen-bond acceptors (Lipinski definition) is 4. The van der Waals surface area contributed by atoms with Crippen LogP contribution in [0.3, 0.4) is 0 Å². The summed E-state index contributed by atoms with van der Waals surface area (Å²) in [5.41, 5.74) is 3.92. The van der Waals surface area contributed by atoms with Crippen LogP contribution in [0.15, 0.2) is 60.9 Å². The number of piperidine rings is 1. The molecule has 1 aliphatic rings. The van der Waals surface area contributed by atoms with Crippen LogP contribution in [0.2, 0.25) is 5.02 Å². The molecule has 0 aliphatic carbocycles. The smallest absolute Gasteiger partial charge is 0.259 e. The molecular formula is C25H23ClFN5O. The van der Waals surface area contributed by atoms with E-state index in [9.17, 15) is 9.18 Å². The molecule has 4 aromatic rings. The minimum atomic E-state index is -0.235. The molecule has 0 saturated carbocycles. The maximum absolute atomic E-state index is 13.5. The topological polar surface area (TPSA) is 62.5 Å². The number of carbonyl (C=O) groups is 1. The monoisotopic (exact) mass is 463 g/mol. The van der Waals surface area contributed by atoms with Gasteiger partial charge in [-0.25, -0.2) is 9.37 Å². The van der Waals surface area contributed by atoms with E-state index in [1.54, 1.807) is 23.0 Å².